The van der Waals surface area contributed by atoms with Gasteiger partial charge in [-0.1, -0.05) is 55.5 Å². The zero-order valence-electron chi connectivity index (χ0n) is 15.3. The van der Waals surface area contributed by atoms with Gasteiger partial charge < -0.3 is 5.32 Å². The third kappa shape index (κ3) is 4.35. The van der Waals surface area contributed by atoms with Crippen molar-refractivity contribution in [3.63, 3.8) is 0 Å². The lowest BCUT2D eigenvalue weighted by Gasteiger charge is -2.16. The van der Waals surface area contributed by atoms with Crippen molar-refractivity contribution in [1.82, 2.24) is 4.72 Å². The number of sulfonamides is 1. The van der Waals surface area contributed by atoms with E-state index in [1.807, 2.05) is 49.4 Å². The van der Waals surface area contributed by atoms with Crippen molar-refractivity contribution in [3.05, 3.63) is 72.3 Å². The van der Waals surface area contributed by atoms with E-state index < -0.39 is 22.0 Å². The van der Waals surface area contributed by atoms with Crippen LogP contribution in [0, 0.1) is 0 Å². The van der Waals surface area contributed by atoms with E-state index in [4.69, 9.17) is 0 Å². The summed E-state index contributed by atoms with van der Waals surface area (Å²) >= 11 is 0. The largest absolute Gasteiger partial charge is 0.324 e. The number of nitrogens with one attached hydrogen (secondary N) is 2. The Labute approximate surface area is 159 Å². The molecule has 0 aliphatic heterocycles. The van der Waals surface area contributed by atoms with Crippen LogP contribution in [0.4, 0.5) is 5.69 Å². The van der Waals surface area contributed by atoms with Crippen LogP contribution >= 0.6 is 0 Å². The smallest absolute Gasteiger partial charge is 0.242 e. The Morgan fingerprint density at radius 2 is 1.63 bits per heavy atom. The average molecular weight is 382 g/mol. The van der Waals surface area contributed by atoms with Crippen LogP contribution in [0.25, 0.3) is 10.8 Å². The predicted octanol–water partition coefficient (Wildman–Crippen LogP) is 3.71. The standard InChI is InChI=1S/C21H22N2O3S/c1-3-16-8-6-7-11-20(16)22-21(24)15(2)23-27(25,26)19-13-12-17-9-4-5-10-18(17)14-19/h4-15,23H,3H2,1-2H3,(H,22,24)/t15-/m0/s1. The van der Waals surface area contributed by atoms with Crippen molar-refractivity contribution >= 4 is 32.4 Å². The quantitative estimate of drug-likeness (QED) is 0.682. The Hall–Kier alpha value is -2.70. The molecule has 1 amide bonds. The molecular weight excluding hydrogens is 360 g/mol. The highest BCUT2D eigenvalue weighted by atomic mass is 32.2. The lowest BCUT2D eigenvalue weighted by Crippen LogP contribution is -2.41. The molecular formula is C21H22N2O3S. The number of para-hydroxylation sites is 1. The Bertz CT molecular complexity index is 1080. The summed E-state index contributed by atoms with van der Waals surface area (Å²) in [5.74, 6) is -0.403. The monoisotopic (exact) mass is 382 g/mol. The van der Waals surface area contributed by atoms with Gasteiger partial charge in [0.05, 0.1) is 10.9 Å². The van der Waals surface area contributed by atoms with Crippen LogP contribution in [0.5, 0.6) is 0 Å². The maximum Gasteiger partial charge on any atom is 0.242 e. The second-order valence-corrected chi connectivity index (χ2v) is 8.07. The number of amides is 1. The van der Waals surface area contributed by atoms with Gasteiger partial charge in [-0.25, -0.2) is 8.42 Å². The molecule has 1 atom stereocenters. The molecule has 27 heavy (non-hydrogen) atoms. The van der Waals surface area contributed by atoms with E-state index in [0.29, 0.717) is 5.69 Å². The van der Waals surface area contributed by atoms with Gasteiger partial charge in [-0.05, 0) is 47.9 Å². The van der Waals surface area contributed by atoms with Crippen LogP contribution < -0.4 is 10.0 Å². The fourth-order valence-corrected chi connectivity index (χ4v) is 4.12. The fourth-order valence-electron chi connectivity index (χ4n) is 2.88. The lowest BCUT2D eigenvalue weighted by molar-refractivity contribution is -0.117. The minimum Gasteiger partial charge on any atom is -0.324 e. The number of fused-ring (bicyclic) bond motifs is 1. The van der Waals surface area contributed by atoms with Gasteiger partial charge in [-0.2, -0.15) is 4.72 Å². The number of anilines is 1. The molecule has 2 N–H and O–H groups in total. The summed E-state index contributed by atoms with van der Waals surface area (Å²) in [5.41, 5.74) is 1.69. The van der Waals surface area contributed by atoms with Crippen LogP contribution in [0.1, 0.15) is 19.4 Å². The van der Waals surface area contributed by atoms with Crippen molar-refractivity contribution in [3.8, 4) is 0 Å². The topological polar surface area (TPSA) is 75.3 Å². The molecule has 3 rings (SSSR count). The summed E-state index contributed by atoms with van der Waals surface area (Å²) in [6.45, 7) is 3.53. The molecule has 0 saturated carbocycles. The molecule has 5 nitrogen and oxygen atoms in total. The van der Waals surface area contributed by atoms with E-state index in [1.165, 1.54) is 6.92 Å². The first-order valence-corrected chi connectivity index (χ1v) is 10.3. The van der Waals surface area contributed by atoms with Crippen LogP contribution in [-0.4, -0.2) is 20.4 Å². The maximum absolute atomic E-state index is 12.7. The van der Waals surface area contributed by atoms with Gasteiger partial charge >= 0.3 is 0 Å². The number of hydrogen-bond acceptors (Lipinski definition) is 3. The average Bonchev–Trinajstić information content (AvgIpc) is 2.67. The van der Waals surface area contributed by atoms with E-state index in [0.717, 1.165) is 22.8 Å². The molecule has 0 spiro atoms. The third-order valence-electron chi connectivity index (χ3n) is 4.41. The van der Waals surface area contributed by atoms with Crippen LogP contribution in [0.15, 0.2) is 71.6 Å². The molecule has 0 heterocycles. The summed E-state index contributed by atoms with van der Waals surface area (Å²) in [7, 11) is -3.81. The minimum absolute atomic E-state index is 0.134. The molecule has 0 bridgehead atoms. The number of aryl methyl sites for hydroxylation is 1. The van der Waals surface area contributed by atoms with Crippen molar-refractivity contribution in [2.45, 2.75) is 31.2 Å². The molecule has 0 aromatic heterocycles. The third-order valence-corrected chi connectivity index (χ3v) is 5.95. The zero-order chi connectivity index (χ0) is 19.4. The Balaban J connectivity index is 1.76. The van der Waals surface area contributed by atoms with Gasteiger partial charge in [0, 0.05) is 5.69 Å². The number of benzene rings is 3. The Morgan fingerprint density at radius 1 is 0.963 bits per heavy atom. The van der Waals surface area contributed by atoms with Gasteiger partial charge in [0.15, 0.2) is 0 Å². The first kappa shape index (κ1) is 19.1. The normalized spacial score (nSPS) is 12.7. The van der Waals surface area contributed by atoms with Gasteiger partial charge in [0.25, 0.3) is 0 Å². The van der Waals surface area contributed by atoms with Crippen molar-refractivity contribution in [2.75, 3.05) is 5.32 Å². The van der Waals surface area contributed by atoms with Crippen molar-refractivity contribution < 1.29 is 13.2 Å². The van der Waals surface area contributed by atoms with Gasteiger partial charge in [-0.15, -0.1) is 0 Å². The molecule has 140 valence electrons. The summed E-state index contributed by atoms with van der Waals surface area (Å²) < 4.78 is 27.8. The minimum atomic E-state index is -3.81. The van der Waals surface area contributed by atoms with E-state index in [1.54, 1.807) is 24.3 Å². The summed E-state index contributed by atoms with van der Waals surface area (Å²) in [4.78, 5) is 12.6. The van der Waals surface area contributed by atoms with Gasteiger partial charge in [0.1, 0.15) is 0 Å². The Morgan fingerprint density at radius 3 is 2.37 bits per heavy atom. The molecule has 3 aromatic carbocycles. The second kappa shape index (κ2) is 7.90. The van der Waals surface area contributed by atoms with Crippen LogP contribution in [0.2, 0.25) is 0 Å². The summed E-state index contributed by atoms with van der Waals surface area (Å²) in [6, 6.07) is 19.0. The van der Waals surface area contributed by atoms with Crippen LogP contribution in [0.3, 0.4) is 0 Å². The molecule has 0 aliphatic carbocycles. The highest BCUT2D eigenvalue weighted by Crippen LogP contribution is 2.20. The molecule has 0 unspecified atom stereocenters. The molecule has 0 saturated heterocycles. The van der Waals surface area contributed by atoms with Crippen LogP contribution in [-0.2, 0) is 21.2 Å². The second-order valence-electron chi connectivity index (χ2n) is 6.35. The SMILES string of the molecule is CCc1ccccc1NC(=O)[C@H](C)NS(=O)(=O)c1ccc2ccccc2c1. The number of carbonyl (C=O) groups is 1. The predicted molar refractivity (Wildman–Crippen MR) is 108 cm³/mol. The lowest BCUT2D eigenvalue weighted by atomic mass is 10.1. The molecule has 0 fully saturated rings. The summed E-state index contributed by atoms with van der Waals surface area (Å²) in [6.07, 6.45) is 0.771. The highest BCUT2D eigenvalue weighted by molar-refractivity contribution is 7.89. The van der Waals surface area contributed by atoms with Crippen molar-refractivity contribution in [1.29, 1.82) is 0 Å². The fraction of sp³-hybridized carbons (Fsp3) is 0.190. The van der Waals surface area contributed by atoms with E-state index in [2.05, 4.69) is 10.0 Å². The number of carbonyl (C=O) groups excluding carboxylic acids is 1. The highest BCUT2D eigenvalue weighted by Gasteiger charge is 2.22. The van der Waals surface area contributed by atoms with E-state index in [9.17, 15) is 13.2 Å². The van der Waals surface area contributed by atoms with Gasteiger partial charge in [0.2, 0.25) is 15.9 Å². The number of rotatable bonds is 6. The molecule has 6 heteroatoms. The number of hydrogen-bond donors (Lipinski definition) is 2. The van der Waals surface area contributed by atoms with Crippen molar-refractivity contribution in [2.24, 2.45) is 0 Å². The van der Waals surface area contributed by atoms with E-state index >= 15 is 0 Å². The first-order valence-electron chi connectivity index (χ1n) is 8.80. The molecule has 3 aromatic rings. The summed E-state index contributed by atoms with van der Waals surface area (Å²) in [5, 5.41) is 4.58. The van der Waals surface area contributed by atoms with E-state index in [-0.39, 0.29) is 4.90 Å². The molecule has 0 radical (unpaired) electrons. The first-order chi connectivity index (χ1) is 12.9. The zero-order valence-corrected chi connectivity index (χ0v) is 16.1. The van der Waals surface area contributed by atoms with Gasteiger partial charge in [-0.3, -0.25) is 4.79 Å². The molecule has 0 aliphatic rings. The maximum atomic E-state index is 12.7. The Kier molecular flexibility index (Phi) is 5.58.